The van der Waals surface area contributed by atoms with E-state index in [4.69, 9.17) is 4.74 Å². The van der Waals surface area contributed by atoms with Gasteiger partial charge in [0.2, 0.25) is 10.0 Å². The molecule has 0 unspecified atom stereocenters. The lowest BCUT2D eigenvalue weighted by Gasteiger charge is -2.11. The topological polar surface area (TPSA) is 84.5 Å². The predicted octanol–water partition coefficient (Wildman–Crippen LogP) is 2.02. The van der Waals surface area contributed by atoms with Crippen LogP contribution >= 0.6 is 0 Å². The molecule has 0 atom stereocenters. The number of amides is 1. The van der Waals surface area contributed by atoms with Gasteiger partial charge in [0.1, 0.15) is 12.4 Å². The molecule has 1 amide bonds. The summed E-state index contributed by atoms with van der Waals surface area (Å²) in [6.45, 7) is 4.63. The van der Waals surface area contributed by atoms with Crippen LogP contribution in [0.25, 0.3) is 0 Å². The van der Waals surface area contributed by atoms with Crippen molar-refractivity contribution in [1.29, 1.82) is 0 Å². The van der Waals surface area contributed by atoms with E-state index < -0.39 is 10.0 Å². The molecule has 0 saturated carbocycles. The molecule has 25 heavy (non-hydrogen) atoms. The third-order valence-electron chi connectivity index (χ3n) is 3.88. The maximum absolute atomic E-state index is 12.2. The Balaban J connectivity index is 1.93. The van der Waals surface area contributed by atoms with Crippen molar-refractivity contribution >= 4 is 15.9 Å². The van der Waals surface area contributed by atoms with Crippen LogP contribution in [0.1, 0.15) is 21.5 Å². The average molecular weight is 362 g/mol. The standard InChI is InChI=1S/C18H22N2O4S/c1-13-6-4-9-17(14(13)2)24-11-10-20-18(21)15-7-5-8-16(12-15)25(22,23)19-3/h4-9,12,19H,10-11H2,1-3H3,(H,20,21). The molecule has 134 valence electrons. The van der Waals surface area contributed by atoms with Gasteiger partial charge in [-0.05, 0) is 56.3 Å². The van der Waals surface area contributed by atoms with Crippen molar-refractivity contribution in [3.63, 3.8) is 0 Å². The monoisotopic (exact) mass is 362 g/mol. The molecular weight excluding hydrogens is 340 g/mol. The fraction of sp³-hybridized carbons (Fsp3) is 0.278. The summed E-state index contributed by atoms with van der Waals surface area (Å²) in [5.41, 5.74) is 2.49. The molecule has 0 aromatic heterocycles. The van der Waals surface area contributed by atoms with Crippen LogP contribution in [0.15, 0.2) is 47.4 Å². The summed E-state index contributed by atoms with van der Waals surface area (Å²) in [6, 6.07) is 11.7. The zero-order valence-electron chi connectivity index (χ0n) is 14.5. The Morgan fingerprint density at radius 3 is 2.56 bits per heavy atom. The van der Waals surface area contributed by atoms with Crippen molar-refractivity contribution in [2.75, 3.05) is 20.2 Å². The van der Waals surface area contributed by atoms with Crippen molar-refractivity contribution in [3.05, 3.63) is 59.2 Å². The van der Waals surface area contributed by atoms with Gasteiger partial charge < -0.3 is 10.1 Å². The summed E-state index contributed by atoms with van der Waals surface area (Å²) in [4.78, 5) is 12.2. The molecule has 0 heterocycles. The first kappa shape index (κ1) is 19.0. The Kier molecular flexibility index (Phi) is 6.17. The number of sulfonamides is 1. The van der Waals surface area contributed by atoms with Crippen molar-refractivity contribution < 1.29 is 17.9 Å². The molecular formula is C18H22N2O4S. The van der Waals surface area contributed by atoms with Crippen molar-refractivity contribution in [2.45, 2.75) is 18.7 Å². The summed E-state index contributed by atoms with van der Waals surface area (Å²) >= 11 is 0. The predicted molar refractivity (Wildman–Crippen MR) is 96.4 cm³/mol. The molecule has 0 aliphatic carbocycles. The summed E-state index contributed by atoms with van der Waals surface area (Å²) in [6.07, 6.45) is 0. The molecule has 2 rings (SSSR count). The van der Waals surface area contributed by atoms with Gasteiger partial charge in [-0.2, -0.15) is 0 Å². The van der Waals surface area contributed by atoms with E-state index in [0.717, 1.165) is 16.9 Å². The second-order valence-corrected chi connectivity index (χ2v) is 7.42. The lowest BCUT2D eigenvalue weighted by molar-refractivity contribution is 0.0946. The molecule has 0 spiro atoms. The molecule has 0 aliphatic heterocycles. The summed E-state index contributed by atoms with van der Waals surface area (Å²) in [7, 11) is -2.25. The fourth-order valence-corrected chi connectivity index (χ4v) is 3.01. The number of rotatable bonds is 7. The normalized spacial score (nSPS) is 11.2. The van der Waals surface area contributed by atoms with Crippen LogP contribution in [0.4, 0.5) is 0 Å². The maximum Gasteiger partial charge on any atom is 0.251 e. The number of carbonyl (C=O) groups excluding carboxylic acids is 1. The fourth-order valence-electron chi connectivity index (χ4n) is 2.23. The van der Waals surface area contributed by atoms with Crippen LogP contribution in [0.2, 0.25) is 0 Å². The highest BCUT2D eigenvalue weighted by atomic mass is 32.2. The van der Waals surface area contributed by atoms with Gasteiger partial charge in [0.05, 0.1) is 11.4 Å². The molecule has 2 aromatic carbocycles. The van der Waals surface area contributed by atoms with E-state index in [0.29, 0.717) is 13.2 Å². The van der Waals surface area contributed by atoms with Crippen LogP contribution in [-0.4, -0.2) is 34.5 Å². The number of benzene rings is 2. The van der Waals surface area contributed by atoms with Gasteiger partial charge in [0.25, 0.3) is 5.91 Å². The molecule has 2 aromatic rings. The first-order valence-corrected chi connectivity index (χ1v) is 9.34. The Morgan fingerprint density at radius 1 is 1.12 bits per heavy atom. The number of ether oxygens (including phenoxy) is 1. The lowest BCUT2D eigenvalue weighted by Crippen LogP contribution is -2.28. The van der Waals surface area contributed by atoms with E-state index in [1.807, 2.05) is 32.0 Å². The smallest absolute Gasteiger partial charge is 0.251 e. The van der Waals surface area contributed by atoms with E-state index in [2.05, 4.69) is 10.0 Å². The molecule has 7 heteroatoms. The van der Waals surface area contributed by atoms with E-state index in [1.54, 1.807) is 6.07 Å². The third-order valence-corrected chi connectivity index (χ3v) is 5.29. The second-order valence-electron chi connectivity index (χ2n) is 5.54. The van der Waals surface area contributed by atoms with Gasteiger partial charge in [-0.25, -0.2) is 13.1 Å². The van der Waals surface area contributed by atoms with E-state index in [-0.39, 0.29) is 16.4 Å². The zero-order chi connectivity index (χ0) is 18.4. The Bertz CT molecular complexity index is 863. The average Bonchev–Trinajstić information content (AvgIpc) is 2.62. The Labute approximate surface area is 148 Å². The number of hydrogen-bond acceptors (Lipinski definition) is 4. The van der Waals surface area contributed by atoms with Gasteiger partial charge in [0, 0.05) is 5.56 Å². The maximum atomic E-state index is 12.2. The molecule has 2 N–H and O–H groups in total. The van der Waals surface area contributed by atoms with Gasteiger partial charge >= 0.3 is 0 Å². The summed E-state index contributed by atoms with van der Waals surface area (Å²) in [5, 5.41) is 2.72. The van der Waals surface area contributed by atoms with Gasteiger partial charge in [0.15, 0.2) is 0 Å². The van der Waals surface area contributed by atoms with Crippen LogP contribution in [-0.2, 0) is 10.0 Å². The Hall–Kier alpha value is -2.38. The zero-order valence-corrected chi connectivity index (χ0v) is 15.3. The van der Waals surface area contributed by atoms with Crippen LogP contribution < -0.4 is 14.8 Å². The SMILES string of the molecule is CNS(=O)(=O)c1cccc(C(=O)NCCOc2cccc(C)c2C)c1. The minimum Gasteiger partial charge on any atom is -0.491 e. The molecule has 0 bridgehead atoms. The Morgan fingerprint density at radius 2 is 1.84 bits per heavy atom. The van der Waals surface area contributed by atoms with E-state index in [9.17, 15) is 13.2 Å². The van der Waals surface area contributed by atoms with Gasteiger partial charge in [-0.1, -0.05) is 18.2 Å². The van der Waals surface area contributed by atoms with Crippen LogP contribution in [0, 0.1) is 13.8 Å². The second kappa shape index (κ2) is 8.13. The van der Waals surface area contributed by atoms with E-state index >= 15 is 0 Å². The largest absolute Gasteiger partial charge is 0.491 e. The number of nitrogens with one attached hydrogen (secondary N) is 2. The quantitative estimate of drug-likeness (QED) is 0.738. The highest BCUT2D eigenvalue weighted by molar-refractivity contribution is 7.89. The summed E-state index contributed by atoms with van der Waals surface area (Å²) < 4.78 is 31.5. The molecule has 0 radical (unpaired) electrons. The highest BCUT2D eigenvalue weighted by Gasteiger charge is 2.14. The first-order chi connectivity index (χ1) is 11.8. The summed E-state index contributed by atoms with van der Waals surface area (Å²) in [5.74, 6) is 0.439. The molecule has 0 fully saturated rings. The van der Waals surface area contributed by atoms with Gasteiger partial charge in [-0.3, -0.25) is 4.79 Å². The number of carbonyl (C=O) groups is 1. The number of aryl methyl sites for hydroxylation is 1. The highest BCUT2D eigenvalue weighted by Crippen LogP contribution is 2.20. The minimum absolute atomic E-state index is 0.0503. The van der Waals surface area contributed by atoms with E-state index in [1.165, 1.54) is 25.2 Å². The van der Waals surface area contributed by atoms with Crippen molar-refractivity contribution in [2.24, 2.45) is 0 Å². The van der Waals surface area contributed by atoms with Crippen LogP contribution in [0.5, 0.6) is 5.75 Å². The lowest BCUT2D eigenvalue weighted by atomic mass is 10.1. The molecule has 0 aliphatic rings. The molecule has 6 nitrogen and oxygen atoms in total. The molecule has 0 saturated heterocycles. The van der Waals surface area contributed by atoms with Crippen molar-refractivity contribution in [3.8, 4) is 5.75 Å². The van der Waals surface area contributed by atoms with Gasteiger partial charge in [-0.15, -0.1) is 0 Å². The van der Waals surface area contributed by atoms with Crippen molar-refractivity contribution in [1.82, 2.24) is 10.0 Å². The first-order valence-electron chi connectivity index (χ1n) is 7.86. The number of hydrogen-bond donors (Lipinski definition) is 2. The third kappa shape index (κ3) is 4.80. The van der Waals surface area contributed by atoms with Crippen LogP contribution in [0.3, 0.4) is 0 Å². The minimum atomic E-state index is -3.58.